The molecule has 2 heterocycles. The van der Waals surface area contributed by atoms with Crippen molar-refractivity contribution in [1.82, 2.24) is 15.2 Å². The average Bonchev–Trinajstić information content (AvgIpc) is 2.92. The Kier molecular flexibility index (Phi) is 6.83. The molecule has 1 saturated heterocycles. The van der Waals surface area contributed by atoms with Gasteiger partial charge in [0, 0.05) is 25.3 Å². The molecule has 4 nitrogen and oxygen atoms in total. The third-order valence-electron chi connectivity index (χ3n) is 4.75. The minimum absolute atomic E-state index is 0.591. The number of hydrogen-bond donors (Lipinski definition) is 1. The molecule has 1 aromatic carbocycles. The van der Waals surface area contributed by atoms with Gasteiger partial charge in [-0.3, -0.25) is 9.88 Å². The first-order chi connectivity index (χ1) is 12.3. The molecule has 4 heteroatoms. The Hall–Kier alpha value is -1.91. The SMILES string of the molecule is CCOc1cccc(CN(Cc2ccccn2)C2CCCNCC2)c1. The van der Waals surface area contributed by atoms with Crippen LogP contribution in [0.15, 0.2) is 48.7 Å². The largest absolute Gasteiger partial charge is 0.494 e. The Morgan fingerprint density at radius 3 is 2.92 bits per heavy atom. The quantitative estimate of drug-likeness (QED) is 0.836. The fourth-order valence-corrected chi connectivity index (χ4v) is 3.51. The zero-order chi connectivity index (χ0) is 17.3. The van der Waals surface area contributed by atoms with E-state index in [2.05, 4.69) is 45.5 Å². The van der Waals surface area contributed by atoms with Crippen LogP contribution in [0.2, 0.25) is 0 Å². The Labute approximate surface area is 151 Å². The van der Waals surface area contributed by atoms with Gasteiger partial charge in [-0.1, -0.05) is 18.2 Å². The van der Waals surface area contributed by atoms with Crippen molar-refractivity contribution in [3.8, 4) is 5.75 Å². The summed E-state index contributed by atoms with van der Waals surface area (Å²) in [6, 6.07) is 15.3. The Balaban J connectivity index is 1.76. The second kappa shape index (κ2) is 9.54. The van der Waals surface area contributed by atoms with Crippen LogP contribution >= 0.6 is 0 Å². The lowest BCUT2D eigenvalue weighted by molar-refractivity contribution is 0.162. The number of benzene rings is 1. The second-order valence-corrected chi connectivity index (χ2v) is 6.64. The van der Waals surface area contributed by atoms with Gasteiger partial charge in [0.1, 0.15) is 5.75 Å². The Morgan fingerprint density at radius 1 is 1.12 bits per heavy atom. The molecule has 1 atom stereocenters. The number of ether oxygens (including phenoxy) is 1. The van der Waals surface area contributed by atoms with Crippen molar-refractivity contribution in [3.05, 3.63) is 59.9 Å². The van der Waals surface area contributed by atoms with E-state index in [0.717, 1.165) is 37.6 Å². The molecule has 1 aliphatic rings. The van der Waals surface area contributed by atoms with Crippen LogP contribution in [-0.2, 0) is 13.1 Å². The molecule has 1 N–H and O–H groups in total. The average molecular weight is 339 g/mol. The fourth-order valence-electron chi connectivity index (χ4n) is 3.51. The number of nitrogens with one attached hydrogen (secondary N) is 1. The van der Waals surface area contributed by atoms with Crippen LogP contribution in [0.5, 0.6) is 5.75 Å². The molecule has 25 heavy (non-hydrogen) atoms. The van der Waals surface area contributed by atoms with Crippen LogP contribution in [0.1, 0.15) is 37.4 Å². The molecule has 0 saturated carbocycles. The molecule has 0 radical (unpaired) electrons. The van der Waals surface area contributed by atoms with Crippen LogP contribution in [0, 0.1) is 0 Å². The Morgan fingerprint density at radius 2 is 2.08 bits per heavy atom. The van der Waals surface area contributed by atoms with E-state index in [-0.39, 0.29) is 0 Å². The molecule has 1 aliphatic heterocycles. The fraction of sp³-hybridized carbons (Fsp3) is 0.476. The minimum atomic E-state index is 0.591. The van der Waals surface area contributed by atoms with Gasteiger partial charge in [-0.25, -0.2) is 0 Å². The predicted octanol–water partition coefficient (Wildman–Crippen LogP) is 3.62. The first-order valence-corrected chi connectivity index (χ1v) is 9.41. The predicted molar refractivity (Wildman–Crippen MR) is 102 cm³/mol. The third kappa shape index (κ3) is 5.55. The minimum Gasteiger partial charge on any atom is -0.494 e. The second-order valence-electron chi connectivity index (χ2n) is 6.64. The van der Waals surface area contributed by atoms with Gasteiger partial charge in [0.15, 0.2) is 0 Å². The molecule has 1 unspecified atom stereocenters. The van der Waals surface area contributed by atoms with E-state index in [0.29, 0.717) is 12.6 Å². The summed E-state index contributed by atoms with van der Waals surface area (Å²) in [6.45, 7) is 6.79. The monoisotopic (exact) mass is 339 g/mol. The Bertz CT molecular complexity index is 624. The molecular weight excluding hydrogens is 310 g/mol. The van der Waals surface area contributed by atoms with E-state index >= 15 is 0 Å². The topological polar surface area (TPSA) is 37.4 Å². The van der Waals surface area contributed by atoms with Crippen molar-refractivity contribution < 1.29 is 4.74 Å². The molecule has 3 rings (SSSR count). The maximum absolute atomic E-state index is 5.67. The van der Waals surface area contributed by atoms with Crippen LogP contribution in [0.25, 0.3) is 0 Å². The lowest BCUT2D eigenvalue weighted by Gasteiger charge is -2.31. The van der Waals surface area contributed by atoms with E-state index in [9.17, 15) is 0 Å². The standard InChI is InChI=1S/C21H29N3O/c1-2-25-21-10-5-7-18(15-21)16-24(17-19-8-3-4-13-23-19)20-9-6-12-22-14-11-20/h3-5,7-8,10,13,15,20,22H,2,6,9,11-12,14,16-17H2,1H3. The van der Waals surface area contributed by atoms with Crippen molar-refractivity contribution in [3.63, 3.8) is 0 Å². The molecule has 0 aliphatic carbocycles. The molecule has 2 aromatic rings. The summed E-state index contributed by atoms with van der Waals surface area (Å²) in [7, 11) is 0. The van der Waals surface area contributed by atoms with Crippen molar-refractivity contribution in [1.29, 1.82) is 0 Å². The molecule has 134 valence electrons. The van der Waals surface area contributed by atoms with Gasteiger partial charge >= 0.3 is 0 Å². The van der Waals surface area contributed by atoms with Gasteiger partial charge in [-0.15, -0.1) is 0 Å². The van der Waals surface area contributed by atoms with Gasteiger partial charge in [0.2, 0.25) is 0 Å². The highest BCUT2D eigenvalue weighted by Crippen LogP contribution is 2.21. The molecule has 0 bridgehead atoms. The zero-order valence-corrected chi connectivity index (χ0v) is 15.2. The summed E-state index contributed by atoms with van der Waals surface area (Å²) in [4.78, 5) is 7.13. The summed E-state index contributed by atoms with van der Waals surface area (Å²) in [5.41, 5.74) is 2.44. The van der Waals surface area contributed by atoms with E-state index < -0.39 is 0 Å². The normalized spacial score (nSPS) is 18.1. The molecule has 0 spiro atoms. The highest BCUT2D eigenvalue weighted by Gasteiger charge is 2.21. The number of aromatic nitrogens is 1. The van der Waals surface area contributed by atoms with E-state index in [4.69, 9.17) is 4.74 Å². The van der Waals surface area contributed by atoms with E-state index in [1.807, 2.05) is 25.3 Å². The van der Waals surface area contributed by atoms with Gasteiger partial charge in [-0.2, -0.15) is 0 Å². The van der Waals surface area contributed by atoms with Crippen molar-refractivity contribution in [2.75, 3.05) is 19.7 Å². The number of pyridine rings is 1. The first kappa shape index (κ1) is 17.9. The number of hydrogen-bond acceptors (Lipinski definition) is 4. The molecule has 1 fully saturated rings. The van der Waals surface area contributed by atoms with Crippen LogP contribution in [0.4, 0.5) is 0 Å². The molecular formula is C21H29N3O. The maximum atomic E-state index is 5.67. The summed E-state index contributed by atoms with van der Waals surface area (Å²) in [5.74, 6) is 0.959. The summed E-state index contributed by atoms with van der Waals surface area (Å²) in [6.07, 6.45) is 5.56. The van der Waals surface area contributed by atoms with Crippen LogP contribution in [0.3, 0.4) is 0 Å². The highest BCUT2D eigenvalue weighted by molar-refractivity contribution is 5.28. The number of nitrogens with zero attached hydrogens (tertiary/aromatic N) is 2. The van der Waals surface area contributed by atoms with Crippen molar-refractivity contribution in [2.45, 2.75) is 45.3 Å². The van der Waals surface area contributed by atoms with Gasteiger partial charge < -0.3 is 10.1 Å². The summed E-state index contributed by atoms with van der Waals surface area (Å²) >= 11 is 0. The van der Waals surface area contributed by atoms with Gasteiger partial charge in [-0.05, 0) is 69.1 Å². The first-order valence-electron chi connectivity index (χ1n) is 9.41. The van der Waals surface area contributed by atoms with Crippen LogP contribution < -0.4 is 10.1 Å². The molecule has 0 amide bonds. The highest BCUT2D eigenvalue weighted by atomic mass is 16.5. The summed E-state index contributed by atoms with van der Waals surface area (Å²) < 4.78 is 5.67. The van der Waals surface area contributed by atoms with Crippen LogP contribution in [-0.4, -0.2) is 35.6 Å². The zero-order valence-electron chi connectivity index (χ0n) is 15.2. The third-order valence-corrected chi connectivity index (χ3v) is 4.75. The maximum Gasteiger partial charge on any atom is 0.119 e. The lowest BCUT2D eigenvalue weighted by Crippen LogP contribution is -2.35. The van der Waals surface area contributed by atoms with Gasteiger partial charge in [0.25, 0.3) is 0 Å². The van der Waals surface area contributed by atoms with Crippen molar-refractivity contribution in [2.24, 2.45) is 0 Å². The van der Waals surface area contributed by atoms with E-state index in [1.54, 1.807) is 0 Å². The number of rotatable bonds is 7. The summed E-state index contributed by atoms with van der Waals surface area (Å²) in [5, 5.41) is 3.52. The van der Waals surface area contributed by atoms with Crippen molar-refractivity contribution >= 4 is 0 Å². The molecule has 1 aromatic heterocycles. The van der Waals surface area contributed by atoms with E-state index in [1.165, 1.54) is 24.8 Å². The van der Waals surface area contributed by atoms with Gasteiger partial charge in [0.05, 0.1) is 12.3 Å². The lowest BCUT2D eigenvalue weighted by atomic mass is 10.1. The smallest absolute Gasteiger partial charge is 0.119 e.